The maximum absolute atomic E-state index is 9.55. The van der Waals surface area contributed by atoms with Gasteiger partial charge < -0.3 is 14.9 Å². The fourth-order valence-corrected chi connectivity index (χ4v) is 3.68. The van der Waals surface area contributed by atoms with Crippen molar-refractivity contribution < 1.29 is 24.5 Å². The van der Waals surface area contributed by atoms with Gasteiger partial charge in [-0.15, -0.1) is 0 Å². The zero-order valence-electron chi connectivity index (χ0n) is 12.2. The van der Waals surface area contributed by atoms with E-state index in [2.05, 4.69) is 25.8 Å². The van der Waals surface area contributed by atoms with Crippen molar-refractivity contribution in [2.75, 3.05) is 19.6 Å². The minimum absolute atomic E-state index is 0.366. The number of aromatic nitrogens is 1. The highest BCUT2D eigenvalue weighted by Crippen LogP contribution is 2.33. The fraction of sp³-hybridized carbons (Fsp3) is 0.500. The van der Waals surface area contributed by atoms with Crippen LogP contribution in [-0.2, 0) is 9.59 Å². The van der Waals surface area contributed by atoms with E-state index in [1.807, 2.05) is 0 Å². The Bertz CT molecular complexity index is 567. The van der Waals surface area contributed by atoms with Crippen LogP contribution in [0, 0.1) is 5.92 Å². The summed E-state index contributed by atoms with van der Waals surface area (Å²) in [5.41, 5.74) is 0. The van der Waals surface area contributed by atoms with Crippen molar-refractivity contribution in [3.05, 3.63) is 22.1 Å². The molecule has 1 aromatic rings. The van der Waals surface area contributed by atoms with Crippen LogP contribution in [-0.4, -0.2) is 57.8 Å². The third kappa shape index (κ3) is 5.92. The lowest BCUT2D eigenvalue weighted by molar-refractivity contribution is -0.134. The van der Waals surface area contributed by atoms with Crippen molar-refractivity contribution in [2.45, 2.75) is 18.9 Å². The molecule has 3 aliphatic rings. The van der Waals surface area contributed by atoms with Crippen molar-refractivity contribution in [2.24, 2.45) is 5.92 Å². The molecule has 0 aromatic carbocycles. The monoisotopic (exact) mass is 404 g/mol. The van der Waals surface area contributed by atoms with Crippen LogP contribution in [0.2, 0.25) is 0 Å². The lowest BCUT2D eigenvalue weighted by atomic mass is 9.86. The van der Waals surface area contributed by atoms with Gasteiger partial charge in [0.1, 0.15) is 6.10 Å². The Morgan fingerprint density at radius 2 is 1.91 bits per heavy atom. The molecule has 0 radical (unpaired) electrons. The average molecular weight is 405 g/mol. The van der Waals surface area contributed by atoms with Gasteiger partial charge in [-0.3, -0.25) is 4.90 Å². The summed E-state index contributed by atoms with van der Waals surface area (Å²) in [6.07, 6.45) is 5.87. The van der Waals surface area contributed by atoms with Gasteiger partial charge in [0.25, 0.3) is 5.19 Å². The van der Waals surface area contributed by atoms with E-state index in [4.69, 9.17) is 14.9 Å². The zero-order valence-corrected chi connectivity index (χ0v) is 14.6. The number of thiazole rings is 1. The van der Waals surface area contributed by atoms with Crippen LogP contribution in [0.1, 0.15) is 12.8 Å². The maximum Gasteiger partial charge on any atom is 0.328 e. The average Bonchev–Trinajstić information content (AvgIpc) is 2.92. The number of ether oxygens (including phenoxy) is 1. The number of rotatable bonds is 4. The quantitative estimate of drug-likeness (QED) is 0.740. The molecule has 7 nitrogen and oxygen atoms in total. The molecular formula is C14H17BrN2O5S. The van der Waals surface area contributed by atoms with Crippen molar-refractivity contribution in [1.82, 2.24) is 9.88 Å². The number of piperidine rings is 3. The molecule has 9 heteroatoms. The first-order chi connectivity index (χ1) is 10.9. The van der Waals surface area contributed by atoms with Crippen molar-refractivity contribution >= 4 is 39.2 Å². The SMILES string of the molecule is Brc1cnc(OC2CN3CCC2CC3)s1.O=C(O)/C=C/C(=O)O. The Balaban J connectivity index is 0.000000207. The number of carboxylic acid groups (broad SMARTS) is 2. The van der Waals surface area contributed by atoms with Crippen molar-refractivity contribution in [1.29, 1.82) is 0 Å². The predicted octanol–water partition coefficient (Wildman–Crippen LogP) is 2.09. The summed E-state index contributed by atoms with van der Waals surface area (Å²) in [5.74, 6) is -1.77. The molecule has 3 fully saturated rings. The Kier molecular flexibility index (Phi) is 6.55. The van der Waals surface area contributed by atoms with E-state index < -0.39 is 11.9 Å². The molecule has 0 saturated carbocycles. The second-order valence-corrected chi connectivity index (χ2v) is 7.61. The Morgan fingerprint density at radius 3 is 2.30 bits per heavy atom. The number of carboxylic acids is 2. The molecule has 3 saturated heterocycles. The lowest BCUT2D eigenvalue weighted by Gasteiger charge is -2.43. The Labute approximate surface area is 145 Å². The molecule has 126 valence electrons. The highest BCUT2D eigenvalue weighted by atomic mass is 79.9. The van der Waals surface area contributed by atoms with Crippen molar-refractivity contribution in [3.8, 4) is 5.19 Å². The predicted molar refractivity (Wildman–Crippen MR) is 87.8 cm³/mol. The fourth-order valence-electron chi connectivity index (χ4n) is 2.61. The van der Waals surface area contributed by atoms with Crippen LogP contribution in [0.25, 0.3) is 0 Å². The van der Waals surface area contributed by atoms with Crippen molar-refractivity contribution in [3.63, 3.8) is 0 Å². The molecular weight excluding hydrogens is 388 g/mol. The van der Waals surface area contributed by atoms with Gasteiger partial charge in [0.05, 0.1) is 9.98 Å². The first-order valence-electron chi connectivity index (χ1n) is 7.08. The molecule has 1 unspecified atom stereocenters. The minimum Gasteiger partial charge on any atom is -0.478 e. The van der Waals surface area contributed by atoms with Crippen LogP contribution in [0.15, 0.2) is 22.1 Å². The number of hydrogen-bond donors (Lipinski definition) is 2. The Morgan fingerprint density at radius 1 is 1.30 bits per heavy atom. The van der Waals surface area contributed by atoms with Gasteiger partial charge in [-0.25, -0.2) is 14.6 Å². The van der Waals surface area contributed by atoms with Crippen LogP contribution in [0.5, 0.6) is 5.19 Å². The highest BCUT2D eigenvalue weighted by molar-refractivity contribution is 9.11. The lowest BCUT2D eigenvalue weighted by Crippen LogP contribution is -2.52. The summed E-state index contributed by atoms with van der Waals surface area (Å²) in [6, 6.07) is 0. The van der Waals surface area contributed by atoms with Crippen LogP contribution in [0.3, 0.4) is 0 Å². The first-order valence-corrected chi connectivity index (χ1v) is 8.69. The van der Waals surface area contributed by atoms with Crippen LogP contribution >= 0.6 is 27.3 Å². The molecule has 4 heterocycles. The Hall–Kier alpha value is -1.45. The second kappa shape index (κ2) is 8.42. The molecule has 2 N–H and O–H groups in total. The number of hydrogen-bond acceptors (Lipinski definition) is 6. The molecule has 0 amide bonds. The number of nitrogens with zero attached hydrogens (tertiary/aromatic N) is 2. The second-order valence-electron chi connectivity index (χ2n) is 5.23. The van der Waals surface area contributed by atoms with E-state index in [1.54, 1.807) is 17.5 Å². The van der Waals surface area contributed by atoms with Gasteiger partial charge >= 0.3 is 11.9 Å². The van der Waals surface area contributed by atoms with Gasteiger partial charge in [-0.05, 0) is 47.8 Å². The van der Waals surface area contributed by atoms with Crippen LogP contribution < -0.4 is 4.74 Å². The highest BCUT2D eigenvalue weighted by Gasteiger charge is 2.35. The number of carbonyl (C=O) groups is 2. The molecule has 1 aromatic heterocycles. The summed E-state index contributed by atoms with van der Waals surface area (Å²) < 4.78 is 6.99. The molecule has 2 bridgehead atoms. The topological polar surface area (TPSA) is 100.0 Å². The first kappa shape index (κ1) is 17.9. The third-order valence-electron chi connectivity index (χ3n) is 3.67. The number of fused-ring (bicyclic) bond motifs is 3. The van der Waals surface area contributed by atoms with E-state index in [0.717, 1.165) is 21.4 Å². The molecule has 0 spiro atoms. The zero-order chi connectivity index (χ0) is 16.8. The standard InChI is InChI=1S/C10H13BrN2OS.C4H4O4/c11-9-5-12-10(15-9)14-8-6-13-3-1-7(8)2-4-13;5-3(6)1-2-4(7)8/h5,7-8H,1-4,6H2;1-2H,(H,5,6)(H,7,8)/b;2-1+. The van der Waals surface area contributed by atoms with Crippen LogP contribution in [0.4, 0.5) is 0 Å². The molecule has 23 heavy (non-hydrogen) atoms. The van der Waals surface area contributed by atoms with E-state index in [1.165, 1.54) is 25.9 Å². The molecule has 3 aliphatic heterocycles. The third-order valence-corrected chi connectivity index (χ3v) is 5.04. The number of aliphatic carboxylic acids is 2. The molecule has 0 aliphatic carbocycles. The molecule has 1 atom stereocenters. The van der Waals surface area contributed by atoms with E-state index in [9.17, 15) is 9.59 Å². The van der Waals surface area contributed by atoms with Gasteiger partial charge in [-0.2, -0.15) is 0 Å². The van der Waals surface area contributed by atoms with Gasteiger partial charge in [0.15, 0.2) is 0 Å². The number of halogens is 1. The minimum atomic E-state index is -1.26. The summed E-state index contributed by atoms with van der Waals surface area (Å²) in [7, 11) is 0. The van der Waals surface area contributed by atoms with Gasteiger partial charge in [-0.1, -0.05) is 11.3 Å². The van der Waals surface area contributed by atoms with Gasteiger partial charge in [0.2, 0.25) is 0 Å². The normalized spacial score (nSPS) is 25.7. The van der Waals surface area contributed by atoms with E-state index in [0.29, 0.717) is 18.3 Å². The maximum atomic E-state index is 9.55. The van der Waals surface area contributed by atoms with E-state index >= 15 is 0 Å². The summed E-state index contributed by atoms with van der Waals surface area (Å²) in [4.78, 5) is 25.8. The largest absolute Gasteiger partial charge is 0.478 e. The molecule has 4 rings (SSSR count). The summed E-state index contributed by atoms with van der Waals surface area (Å²) in [6.45, 7) is 3.60. The van der Waals surface area contributed by atoms with Gasteiger partial charge in [0, 0.05) is 18.7 Å². The summed E-state index contributed by atoms with van der Waals surface area (Å²) in [5, 5.41) is 16.4. The van der Waals surface area contributed by atoms with E-state index in [-0.39, 0.29) is 0 Å². The summed E-state index contributed by atoms with van der Waals surface area (Å²) >= 11 is 4.98. The smallest absolute Gasteiger partial charge is 0.328 e.